The first-order chi connectivity index (χ1) is 6.03. The van der Waals surface area contributed by atoms with Gasteiger partial charge in [-0.2, -0.15) is 0 Å². The molecule has 1 aliphatic carbocycles. The minimum Gasteiger partial charge on any atom is -0.0880 e. The molecule has 13 heavy (non-hydrogen) atoms. The number of rotatable bonds is 4. The van der Waals surface area contributed by atoms with Crippen LogP contribution in [0.4, 0.5) is 0 Å². The van der Waals surface area contributed by atoms with E-state index in [1.807, 2.05) is 0 Å². The third-order valence-electron chi connectivity index (χ3n) is 3.73. The van der Waals surface area contributed by atoms with Crippen molar-refractivity contribution in [2.45, 2.75) is 53.4 Å². The van der Waals surface area contributed by atoms with Crippen LogP contribution in [0.3, 0.4) is 0 Å². The highest BCUT2D eigenvalue weighted by Gasteiger charge is 2.25. The van der Waals surface area contributed by atoms with Gasteiger partial charge in [0.15, 0.2) is 0 Å². The molecule has 0 aromatic carbocycles. The second kappa shape index (κ2) is 4.30. The summed E-state index contributed by atoms with van der Waals surface area (Å²) >= 11 is 0. The van der Waals surface area contributed by atoms with Gasteiger partial charge < -0.3 is 0 Å². The van der Waals surface area contributed by atoms with Gasteiger partial charge >= 0.3 is 0 Å². The molecule has 1 unspecified atom stereocenters. The van der Waals surface area contributed by atoms with E-state index in [1.165, 1.54) is 25.7 Å². The third-order valence-corrected chi connectivity index (χ3v) is 3.73. The van der Waals surface area contributed by atoms with Crippen LogP contribution in [0, 0.1) is 17.3 Å². The second-order valence-corrected chi connectivity index (χ2v) is 5.45. The van der Waals surface area contributed by atoms with E-state index in [1.54, 1.807) is 0 Å². The fraction of sp³-hybridized carbons (Fsp3) is 0.846. The lowest BCUT2D eigenvalue weighted by Crippen LogP contribution is -2.14. The first-order valence-electron chi connectivity index (χ1n) is 5.68. The summed E-state index contributed by atoms with van der Waals surface area (Å²) in [5, 5.41) is 0. The highest BCUT2D eigenvalue weighted by molar-refractivity contribution is 5.00. The van der Waals surface area contributed by atoms with Crippen LogP contribution >= 0.6 is 0 Å². The van der Waals surface area contributed by atoms with Gasteiger partial charge in [0.2, 0.25) is 0 Å². The first kappa shape index (κ1) is 10.8. The number of allylic oxidation sites excluding steroid dienone is 2. The molecule has 0 aromatic heterocycles. The maximum absolute atomic E-state index is 2.43. The Labute approximate surface area is 83.4 Å². The molecule has 0 aliphatic heterocycles. The molecular formula is C13H24. The van der Waals surface area contributed by atoms with Crippen LogP contribution in [0.15, 0.2) is 12.2 Å². The van der Waals surface area contributed by atoms with E-state index in [9.17, 15) is 0 Å². The molecule has 0 heterocycles. The van der Waals surface area contributed by atoms with Crippen molar-refractivity contribution in [3.8, 4) is 0 Å². The van der Waals surface area contributed by atoms with Crippen LogP contribution in [-0.4, -0.2) is 0 Å². The molecule has 0 fully saturated rings. The van der Waals surface area contributed by atoms with Gasteiger partial charge in [-0.3, -0.25) is 0 Å². The topological polar surface area (TPSA) is 0 Å². The summed E-state index contributed by atoms with van der Waals surface area (Å²) in [5.74, 6) is 1.73. The standard InChI is InChI=1S/C13H24/c1-11(2)12(3)7-10-13(4)8-5-6-9-13/h5-6,11-12H,7-10H2,1-4H3. The smallest absolute Gasteiger partial charge is 0.0257 e. The second-order valence-electron chi connectivity index (χ2n) is 5.45. The van der Waals surface area contributed by atoms with Gasteiger partial charge in [-0.15, -0.1) is 0 Å². The summed E-state index contributed by atoms with van der Waals surface area (Å²) < 4.78 is 0. The lowest BCUT2D eigenvalue weighted by molar-refractivity contribution is 0.264. The van der Waals surface area contributed by atoms with Crippen LogP contribution in [0.1, 0.15) is 53.4 Å². The average Bonchev–Trinajstić information content (AvgIpc) is 2.48. The third kappa shape index (κ3) is 3.17. The molecule has 0 nitrogen and oxygen atoms in total. The lowest BCUT2D eigenvalue weighted by atomic mass is 9.79. The molecule has 0 saturated carbocycles. The van der Waals surface area contributed by atoms with Crippen molar-refractivity contribution < 1.29 is 0 Å². The van der Waals surface area contributed by atoms with Crippen molar-refractivity contribution in [1.82, 2.24) is 0 Å². The van der Waals surface area contributed by atoms with E-state index in [4.69, 9.17) is 0 Å². The molecule has 0 bridgehead atoms. The molecule has 1 atom stereocenters. The van der Waals surface area contributed by atoms with E-state index >= 15 is 0 Å². The van der Waals surface area contributed by atoms with E-state index < -0.39 is 0 Å². The fourth-order valence-corrected chi connectivity index (χ4v) is 1.93. The van der Waals surface area contributed by atoms with Gasteiger partial charge in [0, 0.05) is 0 Å². The Morgan fingerprint density at radius 1 is 1.15 bits per heavy atom. The zero-order chi connectivity index (χ0) is 9.90. The molecule has 1 aliphatic rings. The Morgan fingerprint density at radius 2 is 1.69 bits per heavy atom. The Balaban J connectivity index is 2.25. The predicted octanol–water partition coefficient (Wildman–Crippen LogP) is 4.42. The molecule has 0 saturated heterocycles. The summed E-state index contributed by atoms with van der Waals surface area (Å²) in [6.07, 6.45) is 10.1. The lowest BCUT2D eigenvalue weighted by Gasteiger charge is -2.26. The normalized spacial score (nSPS) is 22.5. The average molecular weight is 180 g/mol. The summed E-state index contributed by atoms with van der Waals surface area (Å²) in [5.41, 5.74) is 0.600. The van der Waals surface area contributed by atoms with Crippen LogP contribution in [0.25, 0.3) is 0 Å². The summed E-state index contributed by atoms with van der Waals surface area (Å²) in [6, 6.07) is 0. The van der Waals surface area contributed by atoms with E-state index in [2.05, 4.69) is 39.8 Å². The summed E-state index contributed by atoms with van der Waals surface area (Å²) in [7, 11) is 0. The van der Waals surface area contributed by atoms with Crippen LogP contribution in [-0.2, 0) is 0 Å². The Hall–Kier alpha value is -0.260. The molecule has 0 amide bonds. The van der Waals surface area contributed by atoms with Crippen molar-refractivity contribution in [2.75, 3.05) is 0 Å². The molecular weight excluding hydrogens is 156 g/mol. The minimum atomic E-state index is 0.600. The Morgan fingerprint density at radius 3 is 2.15 bits per heavy atom. The zero-order valence-corrected chi connectivity index (χ0v) is 9.64. The SMILES string of the molecule is CC(C)C(C)CCC1(C)CC=CC1. The molecule has 0 radical (unpaired) electrons. The van der Waals surface area contributed by atoms with Gasteiger partial charge in [-0.05, 0) is 42.9 Å². The maximum atomic E-state index is 2.43. The minimum absolute atomic E-state index is 0.600. The molecule has 0 heteroatoms. The monoisotopic (exact) mass is 180 g/mol. The van der Waals surface area contributed by atoms with Crippen molar-refractivity contribution in [1.29, 1.82) is 0 Å². The fourth-order valence-electron chi connectivity index (χ4n) is 1.93. The Kier molecular flexibility index (Phi) is 3.58. The van der Waals surface area contributed by atoms with Gasteiger partial charge in [0.05, 0.1) is 0 Å². The summed E-state index contributed by atoms with van der Waals surface area (Å²) in [4.78, 5) is 0. The van der Waals surface area contributed by atoms with Crippen molar-refractivity contribution in [3.63, 3.8) is 0 Å². The highest BCUT2D eigenvalue weighted by atomic mass is 14.3. The van der Waals surface area contributed by atoms with Crippen molar-refractivity contribution in [2.24, 2.45) is 17.3 Å². The van der Waals surface area contributed by atoms with E-state index in [-0.39, 0.29) is 0 Å². The van der Waals surface area contributed by atoms with Crippen LogP contribution in [0.2, 0.25) is 0 Å². The van der Waals surface area contributed by atoms with Gasteiger partial charge in [0.25, 0.3) is 0 Å². The largest absolute Gasteiger partial charge is 0.0880 e. The highest BCUT2D eigenvalue weighted by Crippen LogP contribution is 2.38. The molecule has 76 valence electrons. The van der Waals surface area contributed by atoms with Gasteiger partial charge in [-0.25, -0.2) is 0 Å². The number of hydrogen-bond donors (Lipinski definition) is 0. The molecule has 1 rings (SSSR count). The van der Waals surface area contributed by atoms with Crippen molar-refractivity contribution >= 4 is 0 Å². The van der Waals surface area contributed by atoms with E-state index in [0.29, 0.717) is 5.41 Å². The molecule has 0 N–H and O–H groups in total. The molecule has 0 spiro atoms. The quantitative estimate of drug-likeness (QED) is 0.562. The first-order valence-corrected chi connectivity index (χ1v) is 5.68. The van der Waals surface area contributed by atoms with Gasteiger partial charge in [-0.1, -0.05) is 39.8 Å². The number of hydrogen-bond acceptors (Lipinski definition) is 0. The summed E-state index contributed by atoms with van der Waals surface area (Å²) in [6.45, 7) is 9.48. The van der Waals surface area contributed by atoms with Crippen LogP contribution < -0.4 is 0 Å². The maximum Gasteiger partial charge on any atom is -0.0257 e. The Bertz CT molecular complexity index is 168. The molecule has 0 aromatic rings. The van der Waals surface area contributed by atoms with Crippen LogP contribution in [0.5, 0.6) is 0 Å². The predicted molar refractivity (Wildman–Crippen MR) is 59.7 cm³/mol. The van der Waals surface area contributed by atoms with Crippen molar-refractivity contribution in [3.05, 3.63) is 12.2 Å². The van der Waals surface area contributed by atoms with E-state index in [0.717, 1.165) is 11.8 Å². The van der Waals surface area contributed by atoms with Gasteiger partial charge in [0.1, 0.15) is 0 Å². The zero-order valence-electron chi connectivity index (χ0n) is 9.64.